The molecule has 0 spiro atoms. The first-order valence-corrected chi connectivity index (χ1v) is 11.1. The molecule has 1 saturated heterocycles. The van der Waals surface area contributed by atoms with Crippen molar-refractivity contribution in [3.8, 4) is 0 Å². The summed E-state index contributed by atoms with van der Waals surface area (Å²) in [6.07, 6.45) is 4.05. The summed E-state index contributed by atoms with van der Waals surface area (Å²) in [7, 11) is 1.76. The Hall–Kier alpha value is -1.39. The molecule has 1 amide bonds. The molecule has 1 unspecified atom stereocenters. The van der Waals surface area contributed by atoms with Gasteiger partial charge in [-0.05, 0) is 56.2 Å². The van der Waals surface area contributed by atoms with Crippen molar-refractivity contribution in [3.05, 3.63) is 35.4 Å². The molecule has 0 aromatic heterocycles. The highest BCUT2D eigenvalue weighted by atomic mass is 127. The normalized spacial score (nSPS) is 15.6. The summed E-state index contributed by atoms with van der Waals surface area (Å²) in [5.41, 5.74) is 1.72. The lowest BCUT2D eigenvalue weighted by molar-refractivity contribution is 0.0203. The Labute approximate surface area is 204 Å². The van der Waals surface area contributed by atoms with Gasteiger partial charge in [0.05, 0.1) is 0 Å². The summed E-state index contributed by atoms with van der Waals surface area (Å²) in [6, 6.07) is 7.85. The van der Waals surface area contributed by atoms with E-state index >= 15 is 0 Å². The fourth-order valence-electron chi connectivity index (χ4n) is 3.18. The zero-order valence-corrected chi connectivity index (χ0v) is 21.4. The van der Waals surface area contributed by atoms with Crippen LogP contribution < -0.4 is 16.0 Å². The van der Waals surface area contributed by atoms with Gasteiger partial charge in [-0.25, -0.2) is 0 Å². The van der Waals surface area contributed by atoms with Crippen molar-refractivity contribution in [1.29, 1.82) is 0 Å². The zero-order valence-electron chi connectivity index (χ0n) is 19.1. The molecule has 0 saturated carbocycles. The molecule has 7 nitrogen and oxygen atoms in total. The topological polar surface area (TPSA) is 84.0 Å². The van der Waals surface area contributed by atoms with E-state index < -0.39 is 0 Å². The molecular formula is C23H39IN4O3. The number of ether oxygens (including phenoxy) is 2. The van der Waals surface area contributed by atoms with Crippen LogP contribution in [0.3, 0.4) is 0 Å². The minimum atomic E-state index is -0.0329. The van der Waals surface area contributed by atoms with Gasteiger partial charge in [-0.15, -0.1) is 24.0 Å². The third kappa shape index (κ3) is 11.2. The van der Waals surface area contributed by atoms with Gasteiger partial charge >= 0.3 is 0 Å². The molecule has 0 bridgehead atoms. The molecule has 1 heterocycles. The Morgan fingerprint density at radius 1 is 1.29 bits per heavy atom. The number of amides is 1. The van der Waals surface area contributed by atoms with Gasteiger partial charge in [0.15, 0.2) is 5.96 Å². The average Bonchev–Trinajstić information content (AvgIpc) is 2.78. The predicted octanol–water partition coefficient (Wildman–Crippen LogP) is 3.33. The molecule has 3 N–H and O–H groups in total. The van der Waals surface area contributed by atoms with Gasteiger partial charge in [-0.3, -0.25) is 9.79 Å². The lowest BCUT2D eigenvalue weighted by atomic mass is 10.0. The van der Waals surface area contributed by atoms with Crippen LogP contribution in [0.2, 0.25) is 0 Å². The highest BCUT2D eigenvalue weighted by molar-refractivity contribution is 14.0. The fourth-order valence-corrected chi connectivity index (χ4v) is 3.18. The summed E-state index contributed by atoms with van der Waals surface area (Å²) in [4.78, 5) is 16.6. The molecule has 2 rings (SSSR count). The quantitative estimate of drug-likeness (QED) is 0.172. The fraction of sp³-hybridized carbons (Fsp3) is 0.652. The van der Waals surface area contributed by atoms with E-state index in [9.17, 15) is 4.79 Å². The maximum Gasteiger partial charge on any atom is 0.251 e. The minimum Gasteiger partial charge on any atom is -0.381 e. The summed E-state index contributed by atoms with van der Waals surface area (Å²) < 4.78 is 11.2. The molecule has 1 atom stereocenters. The number of carbonyl (C=O) groups is 1. The van der Waals surface area contributed by atoms with Gasteiger partial charge in [0, 0.05) is 58.2 Å². The van der Waals surface area contributed by atoms with E-state index in [1.54, 1.807) is 7.05 Å². The van der Waals surface area contributed by atoms with Gasteiger partial charge in [-0.2, -0.15) is 0 Å². The van der Waals surface area contributed by atoms with Crippen molar-refractivity contribution >= 4 is 35.8 Å². The minimum absolute atomic E-state index is 0. The number of hydrogen-bond donors (Lipinski definition) is 3. The average molecular weight is 546 g/mol. The highest BCUT2D eigenvalue weighted by Crippen LogP contribution is 2.14. The Bertz CT molecular complexity index is 666. The van der Waals surface area contributed by atoms with E-state index in [2.05, 4.69) is 27.9 Å². The number of nitrogens with zero attached hydrogens (tertiary/aromatic N) is 1. The predicted molar refractivity (Wildman–Crippen MR) is 136 cm³/mol. The Morgan fingerprint density at radius 2 is 2.06 bits per heavy atom. The number of benzene rings is 1. The zero-order chi connectivity index (χ0) is 21.6. The first-order valence-electron chi connectivity index (χ1n) is 11.1. The van der Waals surface area contributed by atoms with Crippen molar-refractivity contribution in [2.24, 2.45) is 10.9 Å². The van der Waals surface area contributed by atoms with E-state index in [-0.39, 0.29) is 35.9 Å². The van der Waals surface area contributed by atoms with E-state index in [0.29, 0.717) is 18.0 Å². The first kappa shape index (κ1) is 27.6. The number of rotatable bonds is 11. The number of nitrogens with one attached hydrogen (secondary N) is 3. The monoisotopic (exact) mass is 546 g/mol. The van der Waals surface area contributed by atoms with Crippen LogP contribution in [0.25, 0.3) is 0 Å². The first-order chi connectivity index (χ1) is 14.6. The van der Waals surface area contributed by atoms with Crippen molar-refractivity contribution in [3.63, 3.8) is 0 Å². The number of aliphatic imine (C=N–C) groups is 1. The van der Waals surface area contributed by atoms with E-state index in [1.807, 2.05) is 31.2 Å². The molecule has 1 aromatic rings. The second-order valence-corrected chi connectivity index (χ2v) is 7.82. The molecule has 31 heavy (non-hydrogen) atoms. The molecule has 1 aliphatic rings. The Kier molecular flexibility index (Phi) is 14.5. The number of carbonyl (C=O) groups excluding carboxylic acids is 1. The van der Waals surface area contributed by atoms with Gasteiger partial charge in [0.25, 0.3) is 5.91 Å². The summed E-state index contributed by atoms with van der Waals surface area (Å²) >= 11 is 0. The van der Waals surface area contributed by atoms with Crippen molar-refractivity contribution in [2.45, 2.75) is 52.1 Å². The Balaban J connectivity index is 0.00000480. The lowest BCUT2D eigenvalue weighted by Gasteiger charge is -2.21. The largest absolute Gasteiger partial charge is 0.381 e. The molecular weight excluding hydrogens is 507 g/mol. The maximum atomic E-state index is 12.3. The van der Waals surface area contributed by atoms with Crippen molar-refractivity contribution in [1.82, 2.24) is 16.0 Å². The SMILES string of the molecule is CCC(C)NC(=O)c1cccc(CNC(=NC)NCCCOCC2CCOCC2)c1.I. The van der Waals surface area contributed by atoms with Crippen LogP contribution in [-0.4, -0.2) is 57.9 Å². The van der Waals surface area contributed by atoms with Gasteiger partial charge in [0.1, 0.15) is 0 Å². The third-order valence-electron chi connectivity index (χ3n) is 5.31. The van der Waals surface area contributed by atoms with E-state index in [4.69, 9.17) is 9.47 Å². The van der Waals surface area contributed by atoms with E-state index in [0.717, 1.165) is 70.2 Å². The van der Waals surface area contributed by atoms with Crippen LogP contribution in [0.5, 0.6) is 0 Å². The summed E-state index contributed by atoms with van der Waals surface area (Å²) in [6.45, 7) is 8.77. The Morgan fingerprint density at radius 3 is 2.77 bits per heavy atom. The molecule has 1 aromatic carbocycles. The number of hydrogen-bond acceptors (Lipinski definition) is 4. The van der Waals surface area contributed by atoms with Gasteiger partial charge < -0.3 is 25.4 Å². The van der Waals surface area contributed by atoms with Crippen LogP contribution in [-0.2, 0) is 16.0 Å². The molecule has 0 aliphatic carbocycles. The smallest absolute Gasteiger partial charge is 0.251 e. The second kappa shape index (κ2) is 16.3. The van der Waals surface area contributed by atoms with Crippen LogP contribution >= 0.6 is 24.0 Å². The third-order valence-corrected chi connectivity index (χ3v) is 5.31. The van der Waals surface area contributed by atoms with Crippen LogP contribution in [0.4, 0.5) is 0 Å². The standard InChI is InChI=1S/C23H38N4O3.HI/c1-4-18(2)27-22(28)21-8-5-7-20(15-21)16-26-23(24-3)25-11-6-12-30-17-19-9-13-29-14-10-19;/h5,7-8,15,18-19H,4,6,9-14,16-17H2,1-3H3,(H,27,28)(H2,24,25,26);1H. The molecule has 1 aliphatic heterocycles. The van der Waals surface area contributed by atoms with Crippen molar-refractivity contribution in [2.75, 3.05) is 40.0 Å². The van der Waals surface area contributed by atoms with Gasteiger partial charge in [0.2, 0.25) is 0 Å². The molecule has 8 heteroatoms. The van der Waals surface area contributed by atoms with Crippen LogP contribution in [0, 0.1) is 5.92 Å². The molecule has 0 radical (unpaired) electrons. The van der Waals surface area contributed by atoms with Gasteiger partial charge in [-0.1, -0.05) is 19.1 Å². The van der Waals surface area contributed by atoms with Crippen LogP contribution in [0.15, 0.2) is 29.3 Å². The maximum absolute atomic E-state index is 12.3. The van der Waals surface area contributed by atoms with E-state index in [1.165, 1.54) is 0 Å². The summed E-state index contributed by atoms with van der Waals surface area (Å²) in [5, 5.41) is 9.61. The number of guanidine groups is 1. The highest BCUT2D eigenvalue weighted by Gasteiger charge is 2.13. The molecule has 176 valence electrons. The second-order valence-electron chi connectivity index (χ2n) is 7.82. The van der Waals surface area contributed by atoms with Crippen LogP contribution in [0.1, 0.15) is 55.5 Å². The van der Waals surface area contributed by atoms with Crippen molar-refractivity contribution < 1.29 is 14.3 Å². The number of halogens is 1. The molecule has 1 fully saturated rings. The summed E-state index contributed by atoms with van der Waals surface area (Å²) in [5.74, 6) is 1.35. The lowest BCUT2D eigenvalue weighted by Crippen LogP contribution is -2.37.